The smallest absolute Gasteiger partial charge is 0.329 e. The largest absolute Gasteiger partial charge is 0.372 e. The Morgan fingerprint density at radius 1 is 0.929 bits per heavy atom. The van der Waals surface area contributed by atoms with Gasteiger partial charge in [-0.1, -0.05) is 24.3 Å². The molecule has 2 aliphatic heterocycles. The Morgan fingerprint density at radius 3 is 2.29 bits per heavy atom. The minimum atomic E-state index is -0.467. The Labute approximate surface area is 163 Å². The van der Waals surface area contributed by atoms with E-state index in [1.54, 1.807) is 18.2 Å². The Bertz CT molecular complexity index is 900. The molecule has 2 fully saturated rings. The highest BCUT2D eigenvalue weighted by Gasteiger charge is 2.33. The number of carbonyl (C=O) groups is 2. The van der Waals surface area contributed by atoms with Crippen LogP contribution in [0, 0.1) is 5.82 Å². The van der Waals surface area contributed by atoms with E-state index in [1.807, 2.05) is 12.1 Å². The first-order valence-corrected chi connectivity index (χ1v) is 9.54. The molecule has 0 radical (unpaired) electrons. The molecule has 0 unspecified atom stereocenters. The van der Waals surface area contributed by atoms with Crippen LogP contribution in [0.3, 0.4) is 0 Å². The lowest BCUT2D eigenvalue weighted by molar-refractivity contribution is -0.123. The molecule has 28 heavy (non-hydrogen) atoms. The fourth-order valence-electron chi connectivity index (χ4n) is 3.59. The highest BCUT2D eigenvalue weighted by molar-refractivity contribution is 6.13. The van der Waals surface area contributed by atoms with E-state index in [9.17, 15) is 14.0 Å². The van der Waals surface area contributed by atoms with Crippen LogP contribution in [0.5, 0.6) is 0 Å². The Kier molecular flexibility index (Phi) is 5.10. The predicted octanol–water partition coefficient (Wildman–Crippen LogP) is 3.91. The van der Waals surface area contributed by atoms with E-state index >= 15 is 0 Å². The summed E-state index contributed by atoms with van der Waals surface area (Å²) in [6.07, 6.45) is 5.41. The van der Waals surface area contributed by atoms with Gasteiger partial charge in [0.1, 0.15) is 11.5 Å². The van der Waals surface area contributed by atoms with Crippen molar-refractivity contribution in [2.75, 3.05) is 18.0 Å². The number of benzene rings is 2. The summed E-state index contributed by atoms with van der Waals surface area (Å²) >= 11 is 0. The summed E-state index contributed by atoms with van der Waals surface area (Å²) in [5, 5.41) is 2.63. The second-order valence-electron chi connectivity index (χ2n) is 7.15. The van der Waals surface area contributed by atoms with Crippen LogP contribution < -0.4 is 10.2 Å². The van der Waals surface area contributed by atoms with Gasteiger partial charge in [0, 0.05) is 18.8 Å². The number of hydrogen-bond donors (Lipinski definition) is 1. The Hall–Kier alpha value is -3.15. The van der Waals surface area contributed by atoms with Crippen LogP contribution >= 0.6 is 0 Å². The standard InChI is InChI=1S/C22H22FN3O2/c23-18-8-4-17(5-9-18)15-26-21(27)20(24-22(26)28)14-16-6-10-19(11-7-16)25-12-2-1-3-13-25/h4-11,14H,1-3,12-13,15H2,(H,24,28)/b20-14+. The predicted molar refractivity (Wildman–Crippen MR) is 106 cm³/mol. The molecule has 4 rings (SSSR count). The number of anilines is 1. The summed E-state index contributed by atoms with van der Waals surface area (Å²) in [5.74, 6) is -0.732. The zero-order chi connectivity index (χ0) is 19.5. The Morgan fingerprint density at radius 2 is 1.61 bits per heavy atom. The lowest BCUT2D eigenvalue weighted by Crippen LogP contribution is -2.30. The number of nitrogens with one attached hydrogen (secondary N) is 1. The third-order valence-corrected chi connectivity index (χ3v) is 5.14. The van der Waals surface area contributed by atoms with E-state index in [4.69, 9.17) is 0 Å². The van der Waals surface area contributed by atoms with Crippen LogP contribution in [0.4, 0.5) is 14.9 Å². The van der Waals surface area contributed by atoms with Gasteiger partial charge >= 0.3 is 6.03 Å². The molecule has 2 aromatic carbocycles. The van der Waals surface area contributed by atoms with Crippen molar-refractivity contribution in [3.05, 3.63) is 71.2 Å². The molecule has 2 aromatic rings. The second-order valence-corrected chi connectivity index (χ2v) is 7.15. The van der Waals surface area contributed by atoms with E-state index in [0.29, 0.717) is 5.56 Å². The summed E-state index contributed by atoms with van der Waals surface area (Å²) < 4.78 is 13.0. The van der Waals surface area contributed by atoms with Gasteiger partial charge in [-0.2, -0.15) is 0 Å². The SMILES string of the molecule is O=C1N/C(=C/c2ccc(N3CCCCC3)cc2)C(=O)N1Cc1ccc(F)cc1. The van der Waals surface area contributed by atoms with Crippen LogP contribution in [0.2, 0.25) is 0 Å². The number of halogens is 1. The first-order chi connectivity index (χ1) is 13.6. The molecule has 2 heterocycles. The third kappa shape index (κ3) is 3.91. The van der Waals surface area contributed by atoms with Gasteiger partial charge in [-0.05, 0) is 60.7 Å². The van der Waals surface area contributed by atoms with Crippen LogP contribution in [-0.2, 0) is 11.3 Å². The molecule has 5 nitrogen and oxygen atoms in total. The van der Waals surface area contributed by atoms with Gasteiger partial charge in [-0.25, -0.2) is 9.18 Å². The molecular weight excluding hydrogens is 357 g/mol. The molecule has 0 saturated carbocycles. The van der Waals surface area contributed by atoms with E-state index in [-0.39, 0.29) is 24.0 Å². The van der Waals surface area contributed by atoms with Crippen molar-refractivity contribution in [2.45, 2.75) is 25.8 Å². The van der Waals surface area contributed by atoms with Crippen molar-refractivity contribution in [1.82, 2.24) is 10.2 Å². The zero-order valence-electron chi connectivity index (χ0n) is 15.5. The maximum Gasteiger partial charge on any atom is 0.329 e. The highest BCUT2D eigenvalue weighted by atomic mass is 19.1. The number of imide groups is 1. The maximum atomic E-state index is 13.0. The lowest BCUT2D eigenvalue weighted by atomic mass is 10.1. The van der Waals surface area contributed by atoms with Crippen LogP contribution in [0.1, 0.15) is 30.4 Å². The minimum Gasteiger partial charge on any atom is -0.372 e. The number of rotatable bonds is 4. The number of hydrogen-bond acceptors (Lipinski definition) is 3. The van der Waals surface area contributed by atoms with Gasteiger partial charge in [0.05, 0.1) is 6.54 Å². The first kappa shape index (κ1) is 18.2. The average Bonchev–Trinajstić information content (AvgIpc) is 2.98. The number of carbonyl (C=O) groups excluding carboxylic acids is 2. The molecule has 1 N–H and O–H groups in total. The van der Waals surface area contributed by atoms with Gasteiger partial charge in [-0.3, -0.25) is 9.69 Å². The van der Waals surface area contributed by atoms with E-state index in [2.05, 4.69) is 22.3 Å². The molecule has 0 bridgehead atoms. The van der Waals surface area contributed by atoms with E-state index in [1.165, 1.54) is 37.1 Å². The monoisotopic (exact) mass is 379 g/mol. The quantitative estimate of drug-likeness (QED) is 0.647. The molecule has 144 valence electrons. The van der Waals surface area contributed by atoms with Crippen LogP contribution in [-0.4, -0.2) is 29.9 Å². The van der Waals surface area contributed by atoms with Crippen LogP contribution in [0.25, 0.3) is 6.08 Å². The average molecular weight is 379 g/mol. The summed E-state index contributed by atoms with van der Waals surface area (Å²) in [5.41, 5.74) is 2.98. The van der Waals surface area contributed by atoms with Crippen molar-refractivity contribution >= 4 is 23.7 Å². The molecular formula is C22H22FN3O2. The molecule has 2 saturated heterocycles. The highest BCUT2D eigenvalue weighted by Crippen LogP contribution is 2.22. The first-order valence-electron chi connectivity index (χ1n) is 9.54. The molecule has 2 aliphatic rings. The number of nitrogens with zero attached hydrogens (tertiary/aromatic N) is 2. The second kappa shape index (κ2) is 7.84. The van der Waals surface area contributed by atoms with Crippen molar-refractivity contribution in [3.8, 4) is 0 Å². The van der Waals surface area contributed by atoms with Gasteiger partial charge in [0.15, 0.2) is 0 Å². The minimum absolute atomic E-state index is 0.107. The van der Waals surface area contributed by atoms with E-state index in [0.717, 1.165) is 23.6 Å². The van der Waals surface area contributed by atoms with Crippen LogP contribution in [0.15, 0.2) is 54.2 Å². The Balaban J connectivity index is 1.46. The number of urea groups is 1. The normalized spacial score (nSPS) is 18.7. The van der Waals surface area contributed by atoms with Gasteiger partial charge in [0.2, 0.25) is 0 Å². The fraction of sp³-hybridized carbons (Fsp3) is 0.273. The third-order valence-electron chi connectivity index (χ3n) is 5.14. The van der Waals surface area contributed by atoms with Crippen molar-refractivity contribution in [1.29, 1.82) is 0 Å². The summed E-state index contributed by atoms with van der Waals surface area (Å²) in [4.78, 5) is 28.3. The van der Waals surface area contributed by atoms with Crippen molar-refractivity contribution < 1.29 is 14.0 Å². The molecule has 6 heteroatoms. The van der Waals surface area contributed by atoms with Gasteiger partial charge in [-0.15, -0.1) is 0 Å². The molecule has 0 atom stereocenters. The summed E-state index contributed by atoms with van der Waals surface area (Å²) in [6, 6.07) is 13.3. The van der Waals surface area contributed by atoms with Gasteiger partial charge < -0.3 is 10.2 Å². The number of piperidine rings is 1. The number of amides is 3. The maximum absolute atomic E-state index is 13.0. The molecule has 0 spiro atoms. The fourth-order valence-corrected chi connectivity index (χ4v) is 3.59. The van der Waals surface area contributed by atoms with Gasteiger partial charge in [0.25, 0.3) is 5.91 Å². The summed E-state index contributed by atoms with van der Waals surface area (Å²) in [7, 11) is 0. The van der Waals surface area contributed by atoms with E-state index < -0.39 is 6.03 Å². The molecule has 3 amide bonds. The topological polar surface area (TPSA) is 52.7 Å². The summed E-state index contributed by atoms with van der Waals surface area (Å²) in [6.45, 7) is 2.26. The molecule has 0 aromatic heterocycles. The lowest BCUT2D eigenvalue weighted by Gasteiger charge is -2.28. The molecule has 0 aliphatic carbocycles. The zero-order valence-corrected chi connectivity index (χ0v) is 15.5. The van der Waals surface area contributed by atoms with Crippen molar-refractivity contribution in [2.24, 2.45) is 0 Å². The van der Waals surface area contributed by atoms with Crippen molar-refractivity contribution in [3.63, 3.8) is 0 Å².